The minimum absolute atomic E-state index is 0.515. The third kappa shape index (κ3) is 3.58. The van der Waals surface area contributed by atoms with E-state index in [0.29, 0.717) is 12.0 Å². The molecule has 0 aromatic carbocycles. The highest BCUT2D eigenvalue weighted by Gasteiger charge is 2.38. The minimum atomic E-state index is 0.515. The lowest BCUT2D eigenvalue weighted by molar-refractivity contribution is 0.315. The van der Waals surface area contributed by atoms with Gasteiger partial charge < -0.3 is 10.6 Å². The summed E-state index contributed by atoms with van der Waals surface area (Å²) in [6, 6.07) is 3.55. The van der Waals surface area contributed by atoms with E-state index < -0.39 is 0 Å². The Balaban J connectivity index is 1.51. The van der Waals surface area contributed by atoms with Gasteiger partial charge in [0.25, 0.3) is 0 Å². The van der Waals surface area contributed by atoms with Crippen molar-refractivity contribution in [3.63, 3.8) is 0 Å². The van der Waals surface area contributed by atoms with E-state index in [1.165, 1.54) is 29.8 Å². The van der Waals surface area contributed by atoms with Gasteiger partial charge in [-0.1, -0.05) is 6.92 Å². The summed E-state index contributed by atoms with van der Waals surface area (Å²) in [5, 5.41) is 9.21. The molecule has 116 valence electrons. The van der Waals surface area contributed by atoms with E-state index in [-0.39, 0.29) is 0 Å². The van der Waals surface area contributed by atoms with E-state index in [4.69, 9.17) is 0 Å². The number of hydrogen-bond donors (Lipinski definition) is 2. The zero-order chi connectivity index (χ0) is 14.8. The predicted molar refractivity (Wildman–Crippen MR) is 89.9 cm³/mol. The number of nitrogens with one attached hydrogen (secondary N) is 2. The summed E-state index contributed by atoms with van der Waals surface area (Å²) >= 11 is 1.80. The van der Waals surface area contributed by atoms with Crippen LogP contribution >= 0.6 is 11.3 Å². The van der Waals surface area contributed by atoms with Crippen LogP contribution in [0.3, 0.4) is 0 Å². The average Bonchev–Trinajstić information content (AvgIpc) is 3.15. The van der Waals surface area contributed by atoms with Crippen molar-refractivity contribution in [2.24, 2.45) is 10.9 Å². The highest BCUT2D eigenvalue weighted by molar-refractivity contribution is 7.10. The number of likely N-dealkylation sites (tertiary alicyclic amines) is 1. The molecule has 5 heteroatoms. The topological polar surface area (TPSA) is 39.7 Å². The van der Waals surface area contributed by atoms with Crippen LogP contribution in [-0.4, -0.2) is 43.1 Å². The highest BCUT2D eigenvalue weighted by Crippen LogP contribution is 2.31. The standard InChI is InChI=1S/C16H26N4S/c1-11-6-7-21-15(11)8-18-16(17-3)19-14-10-20(9-12(14)2)13-4-5-13/h6-7,12-14H,4-5,8-10H2,1-3H3,(H2,17,18,19). The first kappa shape index (κ1) is 14.9. The van der Waals surface area contributed by atoms with E-state index in [1.54, 1.807) is 11.3 Å². The van der Waals surface area contributed by atoms with Crippen LogP contribution in [0.4, 0.5) is 0 Å². The fraction of sp³-hybridized carbons (Fsp3) is 0.688. The maximum Gasteiger partial charge on any atom is 0.191 e. The molecule has 1 aromatic rings. The van der Waals surface area contributed by atoms with Crippen molar-refractivity contribution in [2.45, 2.75) is 45.3 Å². The van der Waals surface area contributed by atoms with Crippen LogP contribution in [0.15, 0.2) is 16.4 Å². The van der Waals surface area contributed by atoms with Gasteiger partial charge in [0.2, 0.25) is 0 Å². The van der Waals surface area contributed by atoms with Gasteiger partial charge in [-0.05, 0) is 42.7 Å². The fourth-order valence-electron chi connectivity index (χ4n) is 3.05. The number of thiophene rings is 1. The molecule has 21 heavy (non-hydrogen) atoms. The molecule has 2 N–H and O–H groups in total. The summed E-state index contributed by atoms with van der Waals surface area (Å²) in [6.45, 7) is 7.75. The summed E-state index contributed by atoms with van der Waals surface area (Å²) in [6.07, 6.45) is 2.79. The number of aliphatic imine (C=N–C) groups is 1. The number of nitrogens with zero attached hydrogens (tertiary/aromatic N) is 2. The molecule has 2 unspecified atom stereocenters. The van der Waals surface area contributed by atoms with E-state index >= 15 is 0 Å². The lowest BCUT2D eigenvalue weighted by Gasteiger charge is -2.20. The van der Waals surface area contributed by atoms with E-state index in [0.717, 1.165) is 25.1 Å². The lowest BCUT2D eigenvalue weighted by Crippen LogP contribution is -2.46. The molecule has 4 nitrogen and oxygen atoms in total. The van der Waals surface area contributed by atoms with Crippen molar-refractivity contribution in [1.82, 2.24) is 15.5 Å². The molecule has 0 amide bonds. The number of rotatable bonds is 4. The minimum Gasteiger partial charge on any atom is -0.352 e. The van der Waals surface area contributed by atoms with Gasteiger partial charge in [0.1, 0.15) is 0 Å². The van der Waals surface area contributed by atoms with Crippen LogP contribution < -0.4 is 10.6 Å². The fourth-order valence-corrected chi connectivity index (χ4v) is 3.90. The molecule has 0 spiro atoms. The molecule has 2 heterocycles. The van der Waals surface area contributed by atoms with Gasteiger partial charge in [0.05, 0.1) is 6.54 Å². The Labute approximate surface area is 131 Å². The second kappa shape index (κ2) is 6.36. The van der Waals surface area contributed by atoms with Gasteiger partial charge in [-0.2, -0.15) is 0 Å². The first-order chi connectivity index (χ1) is 10.2. The van der Waals surface area contributed by atoms with Crippen LogP contribution in [-0.2, 0) is 6.54 Å². The maximum absolute atomic E-state index is 4.38. The molecular formula is C16H26N4S. The van der Waals surface area contributed by atoms with Crippen LogP contribution in [0.25, 0.3) is 0 Å². The summed E-state index contributed by atoms with van der Waals surface area (Å²) in [5.41, 5.74) is 1.36. The molecule has 2 atom stereocenters. The number of aryl methyl sites for hydroxylation is 1. The Kier molecular flexibility index (Phi) is 4.50. The molecule has 0 bridgehead atoms. The van der Waals surface area contributed by atoms with Crippen molar-refractivity contribution in [1.29, 1.82) is 0 Å². The molecule has 1 aliphatic heterocycles. The molecule has 1 saturated heterocycles. The van der Waals surface area contributed by atoms with Gasteiger partial charge in [-0.15, -0.1) is 11.3 Å². The SMILES string of the molecule is CN=C(NCc1sccc1C)NC1CN(C2CC2)CC1C. The van der Waals surface area contributed by atoms with Crippen molar-refractivity contribution in [2.75, 3.05) is 20.1 Å². The second-order valence-corrected chi connectivity index (χ2v) is 7.37. The monoisotopic (exact) mass is 306 g/mol. The molecular weight excluding hydrogens is 280 g/mol. The highest BCUT2D eigenvalue weighted by atomic mass is 32.1. The molecule has 1 aromatic heterocycles. The van der Waals surface area contributed by atoms with Gasteiger partial charge >= 0.3 is 0 Å². The Morgan fingerprint density at radius 1 is 1.43 bits per heavy atom. The molecule has 2 fully saturated rings. The summed E-state index contributed by atoms with van der Waals surface area (Å²) in [4.78, 5) is 8.41. The Bertz CT molecular complexity index is 506. The van der Waals surface area contributed by atoms with Crippen molar-refractivity contribution in [3.05, 3.63) is 21.9 Å². The zero-order valence-electron chi connectivity index (χ0n) is 13.2. The molecule has 0 radical (unpaired) electrons. The predicted octanol–water partition coefficient (Wildman–Crippen LogP) is 2.20. The first-order valence-corrected chi connectivity index (χ1v) is 8.79. The smallest absolute Gasteiger partial charge is 0.191 e. The van der Waals surface area contributed by atoms with Gasteiger partial charge in [-0.25, -0.2) is 0 Å². The van der Waals surface area contributed by atoms with E-state index in [1.807, 2.05) is 7.05 Å². The summed E-state index contributed by atoms with van der Waals surface area (Å²) in [7, 11) is 1.86. The van der Waals surface area contributed by atoms with Crippen LogP contribution in [0.1, 0.15) is 30.2 Å². The second-order valence-electron chi connectivity index (χ2n) is 6.37. The maximum atomic E-state index is 4.38. The molecule has 1 aliphatic carbocycles. The quantitative estimate of drug-likeness (QED) is 0.662. The largest absolute Gasteiger partial charge is 0.352 e. The summed E-state index contributed by atoms with van der Waals surface area (Å²) in [5.74, 6) is 1.62. The van der Waals surface area contributed by atoms with Gasteiger partial charge in [0, 0.05) is 37.1 Å². The zero-order valence-corrected chi connectivity index (χ0v) is 14.0. The molecule has 2 aliphatic rings. The Morgan fingerprint density at radius 2 is 2.24 bits per heavy atom. The Morgan fingerprint density at radius 3 is 2.86 bits per heavy atom. The summed E-state index contributed by atoms with van der Waals surface area (Å²) < 4.78 is 0. The average molecular weight is 306 g/mol. The third-order valence-electron chi connectivity index (χ3n) is 4.63. The van der Waals surface area contributed by atoms with E-state index in [2.05, 4.69) is 45.8 Å². The third-order valence-corrected chi connectivity index (χ3v) is 5.66. The van der Waals surface area contributed by atoms with E-state index in [9.17, 15) is 0 Å². The Hall–Kier alpha value is -1.07. The number of guanidine groups is 1. The normalized spacial score (nSPS) is 27.1. The van der Waals surface area contributed by atoms with Gasteiger partial charge in [-0.3, -0.25) is 9.89 Å². The first-order valence-electron chi connectivity index (χ1n) is 7.91. The lowest BCUT2D eigenvalue weighted by atomic mass is 10.1. The van der Waals surface area contributed by atoms with Gasteiger partial charge in [0.15, 0.2) is 5.96 Å². The molecule has 1 saturated carbocycles. The van der Waals surface area contributed by atoms with Crippen LogP contribution in [0, 0.1) is 12.8 Å². The van der Waals surface area contributed by atoms with Crippen molar-refractivity contribution in [3.8, 4) is 0 Å². The molecule has 3 rings (SSSR count). The van der Waals surface area contributed by atoms with Crippen LogP contribution in [0.2, 0.25) is 0 Å². The number of hydrogen-bond acceptors (Lipinski definition) is 3. The van der Waals surface area contributed by atoms with Crippen LogP contribution in [0.5, 0.6) is 0 Å². The van der Waals surface area contributed by atoms with Crippen molar-refractivity contribution < 1.29 is 0 Å². The van der Waals surface area contributed by atoms with Crippen molar-refractivity contribution >= 4 is 17.3 Å².